The third-order valence-corrected chi connectivity index (χ3v) is 0. The Hall–Kier alpha value is 3.01. The van der Waals surface area contributed by atoms with E-state index in [0.717, 1.165) is 0 Å². The zero-order valence-corrected chi connectivity index (χ0v) is 12.7. The van der Waals surface area contributed by atoms with Gasteiger partial charge in [-0.25, -0.2) is 0 Å². The van der Waals surface area contributed by atoms with E-state index >= 15 is 0 Å². The standard InChI is InChI=1S/Ir.Sb.Sn.Ta. The van der Waals surface area contributed by atoms with Gasteiger partial charge in [0.25, 0.3) is 0 Å². The average Bonchev–Trinajstić information content (AvgIpc) is 0. The fourth-order valence-corrected chi connectivity index (χ4v) is 0. The van der Waals surface area contributed by atoms with Gasteiger partial charge in [-0.1, -0.05) is 0 Å². The minimum Gasteiger partial charge on any atom is 0 e. The molecule has 0 aliphatic carbocycles. The summed E-state index contributed by atoms with van der Waals surface area (Å²) in [6, 6.07) is 0. The van der Waals surface area contributed by atoms with Gasteiger partial charge < -0.3 is 0 Å². The molecule has 23 valence electrons. The maximum absolute atomic E-state index is 0. The largest absolute Gasteiger partial charge is 0 e. The number of hydrogen-bond donors (Lipinski definition) is 0. The summed E-state index contributed by atoms with van der Waals surface area (Å²) < 4.78 is 0. The van der Waals surface area contributed by atoms with Gasteiger partial charge in [-0.2, -0.15) is 0 Å². The van der Waals surface area contributed by atoms with Crippen molar-refractivity contribution in [2.75, 3.05) is 0 Å². The normalized spacial score (nSPS) is 0. The molecule has 0 N–H and O–H groups in total. The van der Waals surface area contributed by atoms with Gasteiger partial charge >= 0.3 is 0 Å². The Kier molecular flexibility index (Phi) is 116. The van der Waals surface area contributed by atoms with Crippen LogP contribution in [0.2, 0.25) is 0 Å². The monoisotopic (exact) mass is 615 g/mol. The molecule has 0 heterocycles. The Morgan fingerprint density at radius 1 is 1.00 bits per heavy atom. The van der Waals surface area contributed by atoms with Crippen LogP contribution in [0.25, 0.3) is 0 Å². The first-order chi connectivity index (χ1) is 0. The SMILES string of the molecule is [Ir].[Sb].[Sn].[Ta]. The second-order valence-corrected chi connectivity index (χ2v) is 0. The number of rotatable bonds is 0. The molecule has 4 heavy (non-hydrogen) atoms. The van der Waals surface area contributed by atoms with Crippen LogP contribution < -0.4 is 0 Å². The van der Waals surface area contributed by atoms with E-state index in [0.29, 0.717) is 0 Å². The van der Waals surface area contributed by atoms with Gasteiger partial charge in [-0.15, -0.1) is 0 Å². The summed E-state index contributed by atoms with van der Waals surface area (Å²) in [5.41, 5.74) is 0. The molecule has 0 bridgehead atoms. The third-order valence-electron chi connectivity index (χ3n) is 0. The van der Waals surface area contributed by atoms with E-state index in [1.807, 2.05) is 0 Å². The molecule has 0 aliphatic rings. The van der Waals surface area contributed by atoms with Crippen LogP contribution >= 0.6 is 0 Å². The van der Waals surface area contributed by atoms with Crippen molar-refractivity contribution in [3.63, 3.8) is 0 Å². The second-order valence-electron chi connectivity index (χ2n) is 0. The van der Waals surface area contributed by atoms with Crippen molar-refractivity contribution in [1.82, 2.24) is 0 Å². The minimum atomic E-state index is 0. The van der Waals surface area contributed by atoms with Gasteiger partial charge in [0.2, 0.25) is 0 Å². The van der Waals surface area contributed by atoms with Crippen LogP contribution in [0.15, 0.2) is 0 Å². The Labute approximate surface area is 89.1 Å². The van der Waals surface area contributed by atoms with Crippen molar-refractivity contribution in [2.24, 2.45) is 0 Å². The maximum atomic E-state index is 0. The van der Waals surface area contributed by atoms with Gasteiger partial charge in [0.15, 0.2) is 0 Å². The van der Waals surface area contributed by atoms with Crippen LogP contribution in [-0.2, 0) is 42.5 Å². The van der Waals surface area contributed by atoms with Gasteiger partial charge in [0.1, 0.15) is 0 Å². The van der Waals surface area contributed by atoms with Crippen molar-refractivity contribution in [3.8, 4) is 0 Å². The van der Waals surface area contributed by atoms with E-state index in [4.69, 9.17) is 0 Å². The van der Waals surface area contributed by atoms with Crippen molar-refractivity contribution in [2.45, 2.75) is 0 Å². The average molecular weight is 614 g/mol. The van der Waals surface area contributed by atoms with Crippen molar-refractivity contribution < 1.29 is 42.5 Å². The molecule has 0 spiro atoms. The summed E-state index contributed by atoms with van der Waals surface area (Å²) in [5, 5.41) is 0. The quantitative estimate of drug-likeness (QED) is 0.316. The van der Waals surface area contributed by atoms with Crippen LogP contribution in [0.1, 0.15) is 0 Å². The first-order valence-corrected chi connectivity index (χ1v) is 0. The Morgan fingerprint density at radius 3 is 1.00 bits per heavy atom. The molecule has 0 nitrogen and oxygen atoms in total. The molecule has 0 aromatic carbocycles. The van der Waals surface area contributed by atoms with Crippen LogP contribution in [0.4, 0.5) is 0 Å². The molecule has 0 saturated heterocycles. The summed E-state index contributed by atoms with van der Waals surface area (Å²) in [6.45, 7) is 0. The molecule has 0 atom stereocenters. The molecule has 0 unspecified atom stereocenters. The van der Waals surface area contributed by atoms with Crippen LogP contribution in [0, 0.1) is 0 Å². The molecular weight excluding hydrogens is 614 g/mol. The van der Waals surface area contributed by atoms with Gasteiger partial charge in [0.05, 0.1) is 0 Å². The predicted octanol–water partition coefficient (Wildman–Crippen LogP) is -0.767. The topological polar surface area (TPSA) is 0 Å². The fourth-order valence-electron chi connectivity index (χ4n) is 0. The van der Waals surface area contributed by atoms with E-state index in [1.54, 1.807) is 0 Å². The summed E-state index contributed by atoms with van der Waals surface area (Å²) in [7, 11) is 0. The molecule has 9 radical (unpaired) electrons. The van der Waals surface area contributed by atoms with Crippen LogP contribution in [0.3, 0.4) is 0 Å². The fraction of sp³-hybridized carbons (Fsp3) is 0. The summed E-state index contributed by atoms with van der Waals surface area (Å²) in [5.74, 6) is 0. The molecule has 4 heteroatoms. The first-order valence-electron chi connectivity index (χ1n) is 0. The number of hydrogen-bond acceptors (Lipinski definition) is 0. The van der Waals surface area contributed by atoms with E-state index in [2.05, 4.69) is 0 Å². The van der Waals surface area contributed by atoms with Crippen LogP contribution in [-0.4, -0.2) is 48.3 Å². The minimum absolute atomic E-state index is 0. The Morgan fingerprint density at radius 2 is 1.00 bits per heavy atom. The van der Waals surface area contributed by atoms with Gasteiger partial charge in [0, 0.05) is 90.8 Å². The zero-order valence-electron chi connectivity index (χ0n) is 1.73. The third kappa shape index (κ3) is 8.89. The molecule has 0 rings (SSSR count). The molecule has 0 aliphatic heterocycles. The van der Waals surface area contributed by atoms with E-state index in [1.165, 1.54) is 0 Å². The summed E-state index contributed by atoms with van der Waals surface area (Å²) >= 11 is 0. The first kappa shape index (κ1) is 28.0. The molecule has 0 saturated carbocycles. The molecule has 0 fully saturated rings. The van der Waals surface area contributed by atoms with E-state index < -0.39 is 0 Å². The summed E-state index contributed by atoms with van der Waals surface area (Å²) in [4.78, 5) is 0. The maximum Gasteiger partial charge on any atom is 0 e. The second kappa shape index (κ2) is 16.7. The molecular formula is IrSbSnTa. The Balaban J connectivity index is 0. The van der Waals surface area contributed by atoms with Crippen molar-refractivity contribution >= 4 is 48.3 Å². The van der Waals surface area contributed by atoms with Crippen LogP contribution in [0.5, 0.6) is 0 Å². The summed E-state index contributed by atoms with van der Waals surface area (Å²) in [6.07, 6.45) is 0. The molecule has 0 aromatic rings. The molecule has 0 amide bonds. The van der Waals surface area contributed by atoms with E-state index in [-0.39, 0.29) is 90.8 Å². The predicted molar refractivity (Wildman–Crippen MR) is 11.5 cm³/mol. The molecule has 0 aromatic heterocycles. The Bertz CT molecular complexity index is 8.00. The van der Waals surface area contributed by atoms with Crippen molar-refractivity contribution in [3.05, 3.63) is 0 Å². The van der Waals surface area contributed by atoms with Gasteiger partial charge in [-0.3, -0.25) is 0 Å². The van der Waals surface area contributed by atoms with Crippen molar-refractivity contribution in [1.29, 1.82) is 0 Å². The zero-order chi connectivity index (χ0) is 0. The van der Waals surface area contributed by atoms with E-state index in [9.17, 15) is 0 Å². The van der Waals surface area contributed by atoms with Gasteiger partial charge in [-0.05, 0) is 0 Å². The smallest absolute Gasteiger partial charge is 0 e.